The topological polar surface area (TPSA) is 0 Å². The predicted octanol–water partition coefficient (Wildman–Crippen LogP) is 4.20. The van der Waals surface area contributed by atoms with Gasteiger partial charge in [0.2, 0.25) is 0 Å². The molecule has 1 heteroatoms. The van der Waals surface area contributed by atoms with Crippen molar-refractivity contribution >= 4 is 23.5 Å². The van der Waals surface area contributed by atoms with Gasteiger partial charge in [0.1, 0.15) is 0 Å². The highest BCUT2D eigenvalue weighted by atomic mass is 32.1. The molecule has 2 rings (SSSR count). The summed E-state index contributed by atoms with van der Waals surface area (Å²) < 4.78 is 0. The molecule has 0 aromatic carbocycles. The van der Waals surface area contributed by atoms with Crippen LogP contribution in [-0.2, 0) is 0 Å². The molecule has 0 saturated carbocycles. The van der Waals surface area contributed by atoms with E-state index in [0.717, 1.165) is 6.42 Å². The van der Waals surface area contributed by atoms with E-state index in [1.165, 1.54) is 10.4 Å². The summed E-state index contributed by atoms with van der Waals surface area (Å²) in [6, 6.07) is 2.18. The van der Waals surface area contributed by atoms with E-state index < -0.39 is 0 Å². The minimum absolute atomic E-state index is 0.249. The van der Waals surface area contributed by atoms with E-state index in [4.69, 9.17) is 0 Å². The van der Waals surface area contributed by atoms with Crippen LogP contribution in [0.5, 0.6) is 0 Å². The van der Waals surface area contributed by atoms with Gasteiger partial charge in [-0.3, -0.25) is 0 Å². The summed E-state index contributed by atoms with van der Waals surface area (Å²) in [5.74, 6) is 0. The molecule has 1 aliphatic rings. The van der Waals surface area contributed by atoms with Crippen LogP contribution in [0.1, 0.15) is 30.7 Å². The zero-order valence-corrected chi connectivity index (χ0v) is 8.90. The van der Waals surface area contributed by atoms with Gasteiger partial charge < -0.3 is 0 Å². The van der Waals surface area contributed by atoms with Crippen LogP contribution in [0.4, 0.5) is 0 Å². The maximum absolute atomic E-state index is 2.31. The maximum Gasteiger partial charge on any atom is 0.0339 e. The van der Waals surface area contributed by atoms with Gasteiger partial charge in [-0.05, 0) is 29.5 Å². The van der Waals surface area contributed by atoms with Gasteiger partial charge in [0.25, 0.3) is 0 Å². The summed E-state index contributed by atoms with van der Waals surface area (Å²) in [7, 11) is 0. The zero-order chi connectivity index (χ0) is 9.31. The van der Waals surface area contributed by atoms with Gasteiger partial charge in [0.05, 0.1) is 0 Å². The molecule has 0 N–H and O–H groups in total. The van der Waals surface area contributed by atoms with E-state index in [2.05, 4.69) is 49.6 Å². The van der Waals surface area contributed by atoms with Crippen LogP contribution >= 0.6 is 11.3 Å². The summed E-state index contributed by atoms with van der Waals surface area (Å²) in [5.41, 5.74) is 1.61. The Kier molecular flexibility index (Phi) is 2.12. The second-order valence-electron chi connectivity index (χ2n) is 3.77. The predicted molar refractivity (Wildman–Crippen MR) is 60.8 cm³/mol. The molecular formula is C12H14S. The molecule has 0 spiro atoms. The molecule has 1 aliphatic carbocycles. The Morgan fingerprint density at radius 2 is 2.08 bits per heavy atom. The molecule has 0 nitrogen and oxygen atoms in total. The molecule has 0 amide bonds. The largest absolute Gasteiger partial charge is 0.144 e. The highest BCUT2D eigenvalue weighted by Crippen LogP contribution is 2.32. The molecule has 13 heavy (non-hydrogen) atoms. The SMILES string of the molecule is CCC1(C)C=Cc2ccsc2C=C1. The zero-order valence-electron chi connectivity index (χ0n) is 8.08. The highest BCUT2D eigenvalue weighted by Gasteiger charge is 2.16. The summed E-state index contributed by atoms with van der Waals surface area (Å²) in [6.45, 7) is 4.50. The fraction of sp³-hybridized carbons (Fsp3) is 0.333. The number of rotatable bonds is 1. The Bertz CT molecular complexity index is 326. The van der Waals surface area contributed by atoms with Crippen molar-refractivity contribution in [2.45, 2.75) is 20.3 Å². The summed E-state index contributed by atoms with van der Waals surface area (Å²) in [5, 5.41) is 2.15. The van der Waals surface area contributed by atoms with Crippen molar-refractivity contribution in [3.8, 4) is 0 Å². The quantitative estimate of drug-likeness (QED) is 0.622. The Hall–Kier alpha value is -0.820. The molecule has 0 radical (unpaired) electrons. The minimum atomic E-state index is 0.249. The first kappa shape index (κ1) is 8.76. The van der Waals surface area contributed by atoms with Crippen LogP contribution in [0.3, 0.4) is 0 Å². The van der Waals surface area contributed by atoms with Crippen molar-refractivity contribution in [1.29, 1.82) is 0 Å². The van der Waals surface area contributed by atoms with Crippen molar-refractivity contribution in [3.63, 3.8) is 0 Å². The normalized spacial score (nSPS) is 25.7. The smallest absolute Gasteiger partial charge is 0.0339 e. The number of fused-ring (bicyclic) bond motifs is 1. The van der Waals surface area contributed by atoms with Crippen LogP contribution in [-0.4, -0.2) is 0 Å². The number of allylic oxidation sites excluding steroid dienone is 2. The third kappa shape index (κ3) is 1.61. The Morgan fingerprint density at radius 3 is 2.85 bits per heavy atom. The fourth-order valence-corrected chi connectivity index (χ4v) is 2.22. The summed E-state index contributed by atoms with van der Waals surface area (Å²) in [4.78, 5) is 1.38. The molecule has 68 valence electrons. The van der Waals surface area contributed by atoms with Crippen molar-refractivity contribution in [1.82, 2.24) is 0 Å². The molecule has 1 aromatic rings. The summed E-state index contributed by atoms with van der Waals surface area (Å²) >= 11 is 1.81. The van der Waals surface area contributed by atoms with Gasteiger partial charge in [-0.15, -0.1) is 11.3 Å². The molecular weight excluding hydrogens is 176 g/mol. The van der Waals surface area contributed by atoms with Crippen molar-refractivity contribution in [2.75, 3.05) is 0 Å². The average Bonchev–Trinajstić information content (AvgIpc) is 2.54. The van der Waals surface area contributed by atoms with E-state index in [1.807, 2.05) is 11.3 Å². The number of hydrogen-bond acceptors (Lipinski definition) is 1. The molecule has 1 unspecified atom stereocenters. The van der Waals surface area contributed by atoms with Gasteiger partial charge in [0, 0.05) is 10.3 Å². The monoisotopic (exact) mass is 190 g/mol. The Labute approximate surface area is 83.6 Å². The molecule has 1 aromatic heterocycles. The maximum atomic E-state index is 2.31. The standard InChI is InChI=1S/C12H14S/c1-3-12(2)7-4-10-6-9-13-11(10)5-8-12/h4-9H,3H2,1-2H3. The lowest BCUT2D eigenvalue weighted by Crippen LogP contribution is -2.05. The average molecular weight is 190 g/mol. The molecule has 0 saturated heterocycles. The van der Waals surface area contributed by atoms with Crippen LogP contribution in [0, 0.1) is 5.41 Å². The lowest BCUT2D eigenvalue weighted by molar-refractivity contribution is 0.536. The van der Waals surface area contributed by atoms with E-state index in [0.29, 0.717) is 0 Å². The molecule has 0 bridgehead atoms. The van der Waals surface area contributed by atoms with Gasteiger partial charge in [0.15, 0.2) is 0 Å². The van der Waals surface area contributed by atoms with Crippen LogP contribution < -0.4 is 0 Å². The third-order valence-electron chi connectivity index (χ3n) is 2.75. The van der Waals surface area contributed by atoms with Crippen molar-refractivity contribution < 1.29 is 0 Å². The molecule has 0 fully saturated rings. The number of thiophene rings is 1. The highest BCUT2D eigenvalue weighted by molar-refractivity contribution is 7.11. The van der Waals surface area contributed by atoms with E-state index in [9.17, 15) is 0 Å². The number of hydrogen-bond donors (Lipinski definition) is 0. The first-order chi connectivity index (χ1) is 6.23. The van der Waals surface area contributed by atoms with E-state index in [-0.39, 0.29) is 5.41 Å². The van der Waals surface area contributed by atoms with Gasteiger partial charge >= 0.3 is 0 Å². The third-order valence-corrected chi connectivity index (χ3v) is 3.65. The van der Waals surface area contributed by atoms with Gasteiger partial charge in [-0.1, -0.05) is 32.1 Å². The van der Waals surface area contributed by atoms with Crippen molar-refractivity contribution in [3.05, 3.63) is 34.0 Å². The first-order valence-electron chi connectivity index (χ1n) is 4.69. The van der Waals surface area contributed by atoms with E-state index in [1.54, 1.807) is 0 Å². The molecule has 0 aliphatic heterocycles. The second kappa shape index (κ2) is 3.15. The van der Waals surface area contributed by atoms with Crippen molar-refractivity contribution in [2.24, 2.45) is 5.41 Å². The molecule has 1 atom stereocenters. The lowest BCUT2D eigenvalue weighted by Gasteiger charge is -2.17. The first-order valence-corrected chi connectivity index (χ1v) is 5.57. The lowest BCUT2D eigenvalue weighted by atomic mass is 9.87. The van der Waals surface area contributed by atoms with Crippen LogP contribution in [0.15, 0.2) is 23.6 Å². The second-order valence-corrected chi connectivity index (χ2v) is 4.71. The van der Waals surface area contributed by atoms with Gasteiger partial charge in [-0.2, -0.15) is 0 Å². The fourth-order valence-electron chi connectivity index (χ4n) is 1.44. The molecule has 1 heterocycles. The van der Waals surface area contributed by atoms with E-state index >= 15 is 0 Å². The minimum Gasteiger partial charge on any atom is -0.144 e. The van der Waals surface area contributed by atoms with Crippen LogP contribution in [0.25, 0.3) is 12.2 Å². The van der Waals surface area contributed by atoms with Gasteiger partial charge in [-0.25, -0.2) is 0 Å². The van der Waals surface area contributed by atoms with Crippen LogP contribution in [0.2, 0.25) is 0 Å². The summed E-state index contributed by atoms with van der Waals surface area (Å²) in [6.07, 6.45) is 10.3. The Morgan fingerprint density at radius 1 is 1.31 bits per heavy atom. The Balaban J connectivity index is 2.43.